The van der Waals surface area contributed by atoms with Crippen LogP contribution >= 0.6 is 0 Å². The molecule has 94 valence electrons. The molecule has 1 unspecified atom stereocenters. The Kier molecular flexibility index (Phi) is 3.73. The predicted octanol–water partition coefficient (Wildman–Crippen LogP) is 1.24. The standard InChI is InChI=1S/C14H23N2O/c1-16(2)12-4-3-7-13(16)8-5-10-15-11-6-9-14(15)17/h13H,3-4,6-7,9-12H2,1-2H3/q+1. The van der Waals surface area contributed by atoms with Crippen molar-refractivity contribution in [3.05, 3.63) is 0 Å². The molecule has 0 aromatic heterocycles. The third-order valence-electron chi connectivity index (χ3n) is 4.02. The molecule has 3 nitrogen and oxygen atoms in total. The number of nitrogens with zero attached hydrogens (tertiary/aromatic N) is 2. The number of carbonyl (C=O) groups excluding carboxylic acids is 1. The molecule has 2 aliphatic rings. The smallest absolute Gasteiger partial charge is 0.223 e. The van der Waals surface area contributed by atoms with Crippen LogP contribution in [-0.2, 0) is 4.79 Å². The molecule has 0 spiro atoms. The van der Waals surface area contributed by atoms with Gasteiger partial charge in [-0.1, -0.05) is 5.92 Å². The number of piperidine rings is 1. The molecule has 0 aromatic rings. The van der Waals surface area contributed by atoms with Crippen molar-refractivity contribution in [1.29, 1.82) is 0 Å². The summed E-state index contributed by atoms with van der Waals surface area (Å²) in [5.41, 5.74) is 0. The molecule has 0 saturated carbocycles. The van der Waals surface area contributed by atoms with Gasteiger partial charge in [0, 0.05) is 19.4 Å². The molecule has 2 aliphatic heterocycles. The maximum absolute atomic E-state index is 11.4. The van der Waals surface area contributed by atoms with Gasteiger partial charge in [-0.2, -0.15) is 0 Å². The van der Waals surface area contributed by atoms with Crippen LogP contribution in [0.2, 0.25) is 0 Å². The van der Waals surface area contributed by atoms with Crippen molar-refractivity contribution in [2.45, 2.75) is 38.1 Å². The minimum Gasteiger partial charge on any atom is -0.332 e. The van der Waals surface area contributed by atoms with Gasteiger partial charge in [0.15, 0.2) is 6.04 Å². The van der Waals surface area contributed by atoms with Crippen LogP contribution in [0.4, 0.5) is 0 Å². The quantitative estimate of drug-likeness (QED) is 0.495. The Morgan fingerprint density at radius 2 is 2.18 bits per heavy atom. The van der Waals surface area contributed by atoms with Gasteiger partial charge in [0.05, 0.1) is 27.2 Å². The molecular weight excluding hydrogens is 212 g/mol. The van der Waals surface area contributed by atoms with E-state index in [1.807, 2.05) is 4.90 Å². The van der Waals surface area contributed by atoms with Gasteiger partial charge in [0.1, 0.15) is 0 Å². The molecule has 2 rings (SSSR count). The van der Waals surface area contributed by atoms with E-state index in [0.717, 1.165) is 17.4 Å². The number of amides is 1. The van der Waals surface area contributed by atoms with E-state index in [9.17, 15) is 4.79 Å². The summed E-state index contributed by atoms with van der Waals surface area (Å²) >= 11 is 0. The summed E-state index contributed by atoms with van der Waals surface area (Å²) in [6, 6.07) is 0.460. The van der Waals surface area contributed by atoms with Crippen molar-refractivity contribution in [3.8, 4) is 11.8 Å². The second-order valence-electron chi connectivity index (χ2n) is 5.75. The van der Waals surface area contributed by atoms with Crippen molar-refractivity contribution in [2.24, 2.45) is 0 Å². The SMILES string of the molecule is C[N+]1(C)CCCCC1C#CCN1CCCC1=O. The summed E-state index contributed by atoms with van der Waals surface area (Å²) in [5.74, 6) is 6.88. The number of carbonyl (C=O) groups is 1. The molecular formula is C14H23N2O+. The van der Waals surface area contributed by atoms with Crippen LogP contribution in [0.1, 0.15) is 32.1 Å². The van der Waals surface area contributed by atoms with Crippen molar-refractivity contribution in [2.75, 3.05) is 33.7 Å². The van der Waals surface area contributed by atoms with E-state index in [1.54, 1.807) is 0 Å². The lowest BCUT2D eigenvalue weighted by atomic mass is 10.0. The first-order valence-corrected chi connectivity index (χ1v) is 6.68. The van der Waals surface area contributed by atoms with E-state index in [0.29, 0.717) is 19.0 Å². The minimum atomic E-state index is 0.275. The van der Waals surface area contributed by atoms with E-state index >= 15 is 0 Å². The van der Waals surface area contributed by atoms with Crippen molar-refractivity contribution in [1.82, 2.24) is 4.90 Å². The summed E-state index contributed by atoms with van der Waals surface area (Å²) in [5, 5.41) is 0. The summed E-state index contributed by atoms with van der Waals surface area (Å²) in [4.78, 5) is 13.3. The van der Waals surface area contributed by atoms with E-state index in [1.165, 1.54) is 25.8 Å². The first-order valence-electron chi connectivity index (χ1n) is 6.68. The molecule has 1 amide bonds. The number of hydrogen-bond donors (Lipinski definition) is 0. The highest BCUT2D eigenvalue weighted by molar-refractivity contribution is 5.78. The van der Waals surface area contributed by atoms with Gasteiger partial charge in [-0.15, -0.1) is 0 Å². The third-order valence-corrected chi connectivity index (χ3v) is 4.02. The molecule has 17 heavy (non-hydrogen) atoms. The van der Waals surface area contributed by atoms with Crippen LogP contribution in [0, 0.1) is 11.8 Å². The van der Waals surface area contributed by atoms with Crippen LogP contribution in [-0.4, -0.2) is 55.1 Å². The molecule has 0 N–H and O–H groups in total. The molecule has 0 radical (unpaired) electrons. The van der Waals surface area contributed by atoms with Crippen molar-refractivity contribution in [3.63, 3.8) is 0 Å². The summed E-state index contributed by atoms with van der Waals surface area (Å²) in [6.07, 6.45) is 5.53. The Morgan fingerprint density at radius 3 is 2.82 bits per heavy atom. The van der Waals surface area contributed by atoms with Gasteiger partial charge in [-0.25, -0.2) is 0 Å². The topological polar surface area (TPSA) is 20.3 Å². The Labute approximate surface area is 104 Å². The van der Waals surface area contributed by atoms with E-state index in [2.05, 4.69) is 25.9 Å². The highest BCUT2D eigenvalue weighted by atomic mass is 16.2. The molecule has 2 saturated heterocycles. The van der Waals surface area contributed by atoms with Gasteiger partial charge in [-0.05, 0) is 25.2 Å². The Bertz CT molecular complexity index is 351. The molecule has 1 atom stereocenters. The van der Waals surface area contributed by atoms with Crippen molar-refractivity contribution < 1.29 is 9.28 Å². The summed E-state index contributed by atoms with van der Waals surface area (Å²) in [6.45, 7) is 2.76. The number of likely N-dealkylation sites (tertiary alicyclic amines) is 2. The second kappa shape index (κ2) is 5.10. The second-order valence-corrected chi connectivity index (χ2v) is 5.75. The molecule has 0 aliphatic carbocycles. The van der Waals surface area contributed by atoms with Gasteiger partial charge < -0.3 is 9.38 Å². The van der Waals surface area contributed by atoms with Gasteiger partial charge >= 0.3 is 0 Å². The lowest BCUT2D eigenvalue weighted by molar-refractivity contribution is -0.911. The fourth-order valence-corrected chi connectivity index (χ4v) is 2.74. The Balaban J connectivity index is 1.89. The number of quaternary nitrogens is 1. The molecule has 0 aromatic carbocycles. The number of rotatable bonds is 1. The molecule has 3 heteroatoms. The van der Waals surface area contributed by atoms with Crippen molar-refractivity contribution >= 4 is 5.91 Å². The first-order chi connectivity index (χ1) is 8.09. The van der Waals surface area contributed by atoms with Crippen LogP contribution in [0.25, 0.3) is 0 Å². The minimum absolute atomic E-state index is 0.275. The fourth-order valence-electron chi connectivity index (χ4n) is 2.74. The van der Waals surface area contributed by atoms with Gasteiger partial charge in [0.25, 0.3) is 0 Å². The average molecular weight is 235 g/mol. The fraction of sp³-hybridized carbons (Fsp3) is 0.786. The van der Waals surface area contributed by atoms with Crippen LogP contribution < -0.4 is 0 Å². The zero-order valence-corrected chi connectivity index (χ0v) is 11.0. The van der Waals surface area contributed by atoms with Gasteiger partial charge in [0.2, 0.25) is 5.91 Å². The van der Waals surface area contributed by atoms with Crippen LogP contribution in [0.3, 0.4) is 0 Å². The molecule has 0 bridgehead atoms. The van der Waals surface area contributed by atoms with E-state index in [-0.39, 0.29) is 5.91 Å². The predicted molar refractivity (Wildman–Crippen MR) is 68.2 cm³/mol. The highest BCUT2D eigenvalue weighted by Crippen LogP contribution is 2.20. The van der Waals surface area contributed by atoms with Crippen LogP contribution in [0.5, 0.6) is 0 Å². The Morgan fingerprint density at radius 1 is 1.35 bits per heavy atom. The molecule has 2 fully saturated rings. The average Bonchev–Trinajstić information content (AvgIpc) is 2.67. The summed E-state index contributed by atoms with van der Waals surface area (Å²) < 4.78 is 1.01. The largest absolute Gasteiger partial charge is 0.332 e. The highest BCUT2D eigenvalue weighted by Gasteiger charge is 2.29. The normalized spacial score (nSPS) is 27.8. The van der Waals surface area contributed by atoms with Gasteiger partial charge in [-0.3, -0.25) is 4.79 Å². The van der Waals surface area contributed by atoms with E-state index in [4.69, 9.17) is 0 Å². The molecule has 2 heterocycles. The lowest BCUT2D eigenvalue weighted by Gasteiger charge is -2.38. The Hall–Kier alpha value is -1.01. The number of hydrogen-bond acceptors (Lipinski definition) is 1. The lowest BCUT2D eigenvalue weighted by Crippen LogP contribution is -2.51. The zero-order chi connectivity index (χ0) is 12.3. The third kappa shape index (κ3) is 3.01. The van der Waals surface area contributed by atoms with E-state index < -0.39 is 0 Å². The maximum atomic E-state index is 11.4. The monoisotopic (exact) mass is 235 g/mol. The summed E-state index contributed by atoms with van der Waals surface area (Å²) in [7, 11) is 4.53. The zero-order valence-electron chi connectivity index (χ0n) is 11.0. The van der Waals surface area contributed by atoms with Crippen LogP contribution in [0.15, 0.2) is 0 Å². The first kappa shape index (κ1) is 12.4. The maximum Gasteiger partial charge on any atom is 0.223 e.